The first-order valence-electron chi connectivity index (χ1n) is 10.6. The lowest BCUT2D eigenvalue weighted by Gasteiger charge is -2.22. The molecule has 10 heteroatoms. The molecule has 3 amide bonds. The fraction of sp³-hybridized carbons (Fsp3) is 0.842. The molecule has 170 valence electrons. The van der Waals surface area contributed by atoms with Gasteiger partial charge in [0.1, 0.15) is 6.61 Å². The molecule has 0 aliphatic carbocycles. The lowest BCUT2D eigenvalue weighted by Crippen LogP contribution is -2.45. The number of carbonyl (C=O) groups excluding carboxylic acids is 3. The van der Waals surface area contributed by atoms with E-state index in [9.17, 15) is 14.4 Å². The second-order valence-corrected chi connectivity index (χ2v) is 6.92. The molecule has 0 saturated heterocycles. The number of amides is 3. The van der Waals surface area contributed by atoms with Crippen molar-refractivity contribution in [3.05, 3.63) is 0 Å². The SMILES string of the molecule is NCCCCCCCN(CC(=O)NCCOC(N)=O)C(=O)CNCCCCCN. The molecule has 0 fully saturated rings. The van der Waals surface area contributed by atoms with E-state index in [1.54, 1.807) is 4.90 Å². The Hall–Kier alpha value is -1.91. The molecule has 0 unspecified atom stereocenters. The van der Waals surface area contributed by atoms with E-state index in [0.29, 0.717) is 19.6 Å². The maximum absolute atomic E-state index is 12.5. The number of ether oxygens (including phenoxy) is 1. The predicted octanol–water partition coefficient (Wildman–Crippen LogP) is -0.346. The standard InChI is InChI=1S/C19H40N6O4/c20-9-5-2-1-3-8-13-25(16-17(26)24-12-14-29-19(22)28)18(27)15-23-11-7-4-6-10-21/h23H,1-16,20-21H2,(H2,22,28)(H,24,26). The molecular formula is C19H40N6O4. The molecule has 8 N–H and O–H groups in total. The fourth-order valence-corrected chi connectivity index (χ4v) is 2.72. The van der Waals surface area contributed by atoms with Crippen LogP contribution in [0.25, 0.3) is 0 Å². The summed E-state index contributed by atoms with van der Waals surface area (Å²) in [5, 5.41) is 5.75. The Balaban J connectivity index is 4.29. The molecule has 0 radical (unpaired) electrons. The molecule has 10 nitrogen and oxygen atoms in total. The molecular weight excluding hydrogens is 376 g/mol. The highest BCUT2D eigenvalue weighted by atomic mass is 16.5. The van der Waals surface area contributed by atoms with Gasteiger partial charge in [0.2, 0.25) is 11.8 Å². The van der Waals surface area contributed by atoms with Crippen LogP contribution in [0.1, 0.15) is 51.4 Å². The van der Waals surface area contributed by atoms with E-state index in [-0.39, 0.29) is 38.1 Å². The van der Waals surface area contributed by atoms with Gasteiger partial charge in [-0.05, 0) is 45.3 Å². The molecule has 0 aromatic heterocycles. The number of carbonyl (C=O) groups is 3. The number of hydrogen-bond acceptors (Lipinski definition) is 7. The molecule has 0 atom stereocenters. The summed E-state index contributed by atoms with van der Waals surface area (Å²) >= 11 is 0. The smallest absolute Gasteiger partial charge is 0.404 e. The summed E-state index contributed by atoms with van der Waals surface area (Å²) in [6, 6.07) is 0. The Morgan fingerprint density at radius 2 is 1.45 bits per heavy atom. The number of nitrogens with one attached hydrogen (secondary N) is 2. The van der Waals surface area contributed by atoms with E-state index in [2.05, 4.69) is 15.4 Å². The number of hydrogen-bond donors (Lipinski definition) is 5. The lowest BCUT2D eigenvalue weighted by atomic mass is 10.1. The first kappa shape index (κ1) is 27.1. The van der Waals surface area contributed by atoms with Gasteiger partial charge in [-0.1, -0.05) is 25.7 Å². The summed E-state index contributed by atoms with van der Waals surface area (Å²) in [4.78, 5) is 36.7. The van der Waals surface area contributed by atoms with Gasteiger partial charge in [0, 0.05) is 6.54 Å². The molecule has 0 rings (SSSR count). The monoisotopic (exact) mass is 416 g/mol. The van der Waals surface area contributed by atoms with Gasteiger partial charge >= 0.3 is 6.09 Å². The van der Waals surface area contributed by atoms with Crippen LogP contribution in [0.5, 0.6) is 0 Å². The molecule has 0 aliphatic heterocycles. The van der Waals surface area contributed by atoms with E-state index in [1.165, 1.54) is 0 Å². The summed E-state index contributed by atoms with van der Waals surface area (Å²) in [5.74, 6) is -0.396. The summed E-state index contributed by atoms with van der Waals surface area (Å²) in [7, 11) is 0. The Bertz CT molecular complexity index is 450. The summed E-state index contributed by atoms with van der Waals surface area (Å²) in [5.41, 5.74) is 15.8. The third kappa shape index (κ3) is 17.9. The zero-order valence-electron chi connectivity index (χ0n) is 17.6. The third-order valence-corrected chi connectivity index (χ3v) is 4.32. The van der Waals surface area contributed by atoms with Gasteiger partial charge in [-0.3, -0.25) is 9.59 Å². The topological polar surface area (TPSA) is 166 Å². The predicted molar refractivity (Wildman–Crippen MR) is 113 cm³/mol. The Labute approximate surface area is 174 Å². The number of rotatable bonds is 19. The van der Waals surface area contributed by atoms with E-state index in [0.717, 1.165) is 57.9 Å². The average Bonchev–Trinajstić information content (AvgIpc) is 2.69. The maximum atomic E-state index is 12.5. The number of primary amides is 1. The van der Waals surface area contributed by atoms with Crippen molar-refractivity contribution in [3.8, 4) is 0 Å². The van der Waals surface area contributed by atoms with Crippen molar-refractivity contribution < 1.29 is 19.1 Å². The number of nitrogens with two attached hydrogens (primary N) is 3. The van der Waals surface area contributed by atoms with Gasteiger partial charge in [-0.25, -0.2) is 4.79 Å². The summed E-state index contributed by atoms with van der Waals surface area (Å²) in [6.45, 7) is 2.99. The molecule has 0 spiro atoms. The van der Waals surface area contributed by atoms with Crippen molar-refractivity contribution in [2.45, 2.75) is 51.4 Å². The zero-order chi connectivity index (χ0) is 21.7. The minimum Gasteiger partial charge on any atom is -0.448 e. The minimum absolute atomic E-state index is 0.000514. The second kappa shape index (κ2) is 19.4. The van der Waals surface area contributed by atoms with Crippen molar-refractivity contribution >= 4 is 17.9 Å². The maximum Gasteiger partial charge on any atom is 0.404 e. The van der Waals surface area contributed by atoms with Crippen molar-refractivity contribution in [3.63, 3.8) is 0 Å². The van der Waals surface area contributed by atoms with Gasteiger partial charge in [0.15, 0.2) is 0 Å². The summed E-state index contributed by atoms with van der Waals surface area (Å²) < 4.78 is 4.57. The Morgan fingerprint density at radius 1 is 0.828 bits per heavy atom. The normalized spacial score (nSPS) is 10.6. The molecule has 29 heavy (non-hydrogen) atoms. The van der Waals surface area contributed by atoms with Gasteiger partial charge < -0.3 is 37.5 Å². The Morgan fingerprint density at radius 3 is 2.10 bits per heavy atom. The van der Waals surface area contributed by atoms with Gasteiger partial charge in [0.05, 0.1) is 19.6 Å². The molecule has 0 bridgehead atoms. The van der Waals surface area contributed by atoms with Crippen LogP contribution in [0.3, 0.4) is 0 Å². The highest BCUT2D eigenvalue weighted by molar-refractivity contribution is 5.85. The van der Waals surface area contributed by atoms with Gasteiger partial charge in [0.25, 0.3) is 0 Å². The molecule has 0 aromatic carbocycles. The molecule has 0 aliphatic rings. The van der Waals surface area contributed by atoms with Gasteiger partial charge in [-0.2, -0.15) is 0 Å². The van der Waals surface area contributed by atoms with E-state index >= 15 is 0 Å². The highest BCUT2D eigenvalue weighted by Crippen LogP contribution is 2.04. The van der Waals surface area contributed by atoms with Crippen LogP contribution in [-0.2, 0) is 14.3 Å². The van der Waals surface area contributed by atoms with Crippen LogP contribution in [-0.4, -0.2) is 75.2 Å². The molecule has 0 heterocycles. The second-order valence-electron chi connectivity index (χ2n) is 6.92. The third-order valence-electron chi connectivity index (χ3n) is 4.32. The Kier molecular flexibility index (Phi) is 18.1. The van der Waals surface area contributed by atoms with Crippen LogP contribution >= 0.6 is 0 Å². The van der Waals surface area contributed by atoms with Crippen LogP contribution in [0.15, 0.2) is 0 Å². The van der Waals surface area contributed by atoms with E-state index in [4.69, 9.17) is 17.2 Å². The van der Waals surface area contributed by atoms with Crippen LogP contribution in [0.4, 0.5) is 4.79 Å². The first-order valence-corrected chi connectivity index (χ1v) is 10.6. The van der Waals surface area contributed by atoms with E-state index in [1.807, 2.05) is 0 Å². The quantitative estimate of drug-likeness (QED) is 0.179. The first-order chi connectivity index (χ1) is 14.0. The number of unbranched alkanes of at least 4 members (excludes halogenated alkanes) is 6. The van der Waals surface area contributed by atoms with Crippen LogP contribution < -0.4 is 27.8 Å². The van der Waals surface area contributed by atoms with E-state index < -0.39 is 6.09 Å². The summed E-state index contributed by atoms with van der Waals surface area (Å²) in [6.07, 6.45) is 7.06. The van der Waals surface area contributed by atoms with Crippen molar-refractivity contribution in [1.29, 1.82) is 0 Å². The zero-order valence-corrected chi connectivity index (χ0v) is 17.6. The van der Waals surface area contributed by atoms with Crippen LogP contribution in [0.2, 0.25) is 0 Å². The van der Waals surface area contributed by atoms with Gasteiger partial charge in [-0.15, -0.1) is 0 Å². The number of nitrogens with zero attached hydrogens (tertiary/aromatic N) is 1. The highest BCUT2D eigenvalue weighted by Gasteiger charge is 2.16. The minimum atomic E-state index is -0.886. The fourth-order valence-electron chi connectivity index (χ4n) is 2.72. The van der Waals surface area contributed by atoms with Crippen LogP contribution in [0, 0.1) is 0 Å². The van der Waals surface area contributed by atoms with Crippen molar-refractivity contribution in [1.82, 2.24) is 15.5 Å². The average molecular weight is 417 g/mol. The lowest BCUT2D eigenvalue weighted by molar-refractivity contribution is -0.135. The van der Waals surface area contributed by atoms with Crippen molar-refractivity contribution in [2.75, 3.05) is 52.4 Å². The van der Waals surface area contributed by atoms with Crippen molar-refractivity contribution in [2.24, 2.45) is 17.2 Å². The largest absolute Gasteiger partial charge is 0.448 e. The molecule has 0 aromatic rings. The molecule has 0 saturated carbocycles.